The lowest BCUT2D eigenvalue weighted by Gasteiger charge is -2.12. The molecule has 2 rings (SSSR count). The number of nitriles is 1. The number of hydrogen-bond donors (Lipinski definition) is 0. The van der Waals surface area contributed by atoms with E-state index in [0.717, 1.165) is 12.1 Å². The summed E-state index contributed by atoms with van der Waals surface area (Å²) in [7, 11) is -5.85. The van der Waals surface area contributed by atoms with E-state index in [4.69, 9.17) is 5.26 Å². The van der Waals surface area contributed by atoms with E-state index >= 15 is 0 Å². The van der Waals surface area contributed by atoms with E-state index in [0.29, 0.717) is 0 Å². The number of carbonyl (C=O) groups excluding carboxylic acids is 1. The molecule has 0 radical (unpaired) electrons. The van der Waals surface area contributed by atoms with Gasteiger partial charge < -0.3 is 4.18 Å². The van der Waals surface area contributed by atoms with Crippen LogP contribution in [0.4, 0.5) is 13.2 Å². The number of alkyl halides is 3. The first-order chi connectivity index (χ1) is 9.17. The van der Waals surface area contributed by atoms with Gasteiger partial charge in [-0.15, -0.1) is 0 Å². The molecule has 5 nitrogen and oxygen atoms in total. The van der Waals surface area contributed by atoms with Crippen molar-refractivity contribution in [2.75, 3.05) is 0 Å². The minimum absolute atomic E-state index is 0.00352. The molecule has 1 aromatic carbocycles. The Morgan fingerprint density at radius 2 is 1.90 bits per heavy atom. The number of ketones is 1. The Labute approximate surface area is 111 Å². The van der Waals surface area contributed by atoms with E-state index in [9.17, 15) is 26.4 Å². The molecule has 1 aromatic rings. The highest BCUT2D eigenvalue weighted by Gasteiger charge is 2.49. The van der Waals surface area contributed by atoms with Crippen LogP contribution in [0.5, 0.6) is 5.75 Å². The summed E-state index contributed by atoms with van der Waals surface area (Å²) in [6, 6.07) is 3.79. The van der Waals surface area contributed by atoms with Crippen LogP contribution in [-0.2, 0) is 16.5 Å². The van der Waals surface area contributed by atoms with E-state index in [1.165, 1.54) is 0 Å². The molecule has 106 valence electrons. The van der Waals surface area contributed by atoms with Crippen molar-refractivity contribution in [3.05, 3.63) is 28.8 Å². The van der Waals surface area contributed by atoms with Crippen molar-refractivity contribution < 1.29 is 30.6 Å². The van der Waals surface area contributed by atoms with Gasteiger partial charge in [-0.25, -0.2) is 0 Å². The predicted octanol–water partition coefficient (Wildman–Crippen LogP) is 1.92. The van der Waals surface area contributed by atoms with Gasteiger partial charge in [0.2, 0.25) is 0 Å². The molecule has 0 bridgehead atoms. The Morgan fingerprint density at radius 3 is 2.45 bits per heavy atom. The van der Waals surface area contributed by atoms with Crippen molar-refractivity contribution in [3.8, 4) is 11.8 Å². The average molecular weight is 305 g/mol. The van der Waals surface area contributed by atoms with Crippen LogP contribution in [-0.4, -0.2) is 19.7 Å². The third-order valence-electron chi connectivity index (χ3n) is 2.76. The summed E-state index contributed by atoms with van der Waals surface area (Å²) < 4.78 is 62.7. The summed E-state index contributed by atoms with van der Waals surface area (Å²) in [4.78, 5) is 11.6. The smallest absolute Gasteiger partial charge is 0.375 e. The monoisotopic (exact) mass is 305 g/mol. The first-order valence-corrected chi connectivity index (χ1v) is 6.68. The highest BCUT2D eigenvalue weighted by atomic mass is 32.2. The Hall–Kier alpha value is -2.08. The second-order valence-corrected chi connectivity index (χ2v) is 5.52. The number of nitrogens with zero attached hydrogens (tertiary/aromatic N) is 1. The Bertz CT molecular complexity index is 731. The minimum Gasteiger partial charge on any atom is -0.375 e. The lowest BCUT2D eigenvalue weighted by atomic mass is 10.0. The maximum Gasteiger partial charge on any atom is 0.534 e. The fraction of sp³-hybridized carbons (Fsp3) is 0.273. The summed E-state index contributed by atoms with van der Waals surface area (Å²) in [5.41, 5.74) is -5.53. The maximum atomic E-state index is 12.3. The zero-order chi connectivity index (χ0) is 15.1. The maximum absolute atomic E-state index is 12.3. The Kier molecular flexibility index (Phi) is 3.21. The second kappa shape index (κ2) is 4.49. The number of hydrogen-bond acceptors (Lipinski definition) is 5. The van der Waals surface area contributed by atoms with Crippen LogP contribution in [0.2, 0.25) is 0 Å². The summed E-state index contributed by atoms with van der Waals surface area (Å²) in [6.45, 7) is 0. The van der Waals surface area contributed by atoms with Gasteiger partial charge >= 0.3 is 15.6 Å². The molecule has 1 aliphatic rings. The molecular formula is C11H6F3NO4S. The fourth-order valence-corrected chi connectivity index (χ4v) is 2.36. The van der Waals surface area contributed by atoms with Crippen molar-refractivity contribution in [2.45, 2.75) is 18.3 Å². The van der Waals surface area contributed by atoms with Crippen LogP contribution in [0.1, 0.15) is 27.9 Å². The average Bonchev–Trinajstić information content (AvgIpc) is 2.71. The SMILES string of the molecule is N#Cc1ccc(OS(=O)(=O)C(F)(F)F)c2c1CCC2=O. The summed E-state index contributed by atoms with van der Waals surface area (Å²) in [6.07, 6.45) is 0.163. The molecule has 0 saturated carbocycles. The molecule has 0 spiro atoms. The normalized spacial score (nSPS) is 14.8. The van der Waals surface area contributed by atoms with Gasteiger partial charge in [-0.1, -0.05) is 0 Å². The molecule has 9 heteroatoms. The quantitative estimate of drug-likeness (QED) is 0.615. The number of carbonyl (C=O) groups is 1. The van der Waals surface area contributed by atoms with Crippen LogP contribution >= 0.6 is 0 Å². The second-order valence-electron chi connectivity index (χ2n) is 3.98. The zero-order valence-corrected chi connectivity index (χ0v) is 10.5. The predicted molar refractivity (Wildman–Crippen MR) is 59.4 cm³/mol. The van der Waals surface area contributed by atoms with Crippen LogP contribution in [0.15, 0.2) is 12.1 Å². The molecule has 0 N–H and O–H groups in total. The van der Waals surface area contributed by atoms with Crippen LogP contribution in [0.25, 0.3) is 0 Å². The molecule has 0 heterocycles. The van der Waals surface area contributed by atoms with Gasteiger partial charge in [0.05, 0.1) is 17.2 Å². The van der Waals surface area contributed by atoms with Gasteiger partial charge in [-0.3, -0.25) is 4.79 Å². The number of fused-ring (bicyclic) bond motifs is 1. The number of benzene rings is 1. The van der Waals surface area contributed by atoms with Crippen LogP contribution in [0.3, 0.4) is 0 Å². The third-order valence-corrected chi connectivity index (χ3v) is 3.72. The molecule has 0 amide bonds. The molecule has 0 atom stereocenters. The van der Waals surface area contributed by atoms with Crippen molar-refractivity contribution in [1.29, 1.82) is 5.26 Å². The molecular weight excluding hydrogens is 299 g/mol. The lowest BCUT2D eigenvalue weighted by molar-refractivity contribution is -0.0500. The van der Waals surface area contributed by atoms with Crippen molar-refractivity contribution in [3.63, 3.8) is 0 Å². The van der Waals surface area contributed by atoms with E-state index in [1.807, 2.05) is 0 Å². The zero-order valence-electron chi connectivity index (χ0n) is 9.69. The van der Waals surface area contributed by atoms with Crippen LogP contribution in [0, 0.1) is 11.3 Å². The summed E-state index contributed by atoms with van der Waals surface area (Å²) in [5, 5.41) is 8.84. The molecule has 1 aliphatic carbocycles. The van der Waals surface area contributed by atoms with Crippen LogP contribution < -0.4 is 4.18 Å². The highest BCUT2D eigenvalue weighted by molar-refractivity contribution is 7.88. The van der Waals surface area contributed by atoms with Crippen molar-refractivity contribution in [2.24, 2.45) is 0 Å². The third kappa shape index (κ3) is 2.22. The lowest BCUT2D eigenvalue weighted by Crippen LogP contribution is -2.28. The van der Waals surface area contributed by atoms with Gasteiger partial charge in [0.25, 0.3) is 0 Å². The number of Topliss-reactive ketones (excluding diaryl/α,β-unsaturated/α-hetero) is 1. The van der Waals surface area contributed by atoms with Gasteiger partial charge in [-0.05, 0) is 24.1 Å². The Balaban J connectivity index is 2.55. The minimum atomic E-state index is -5.85. The van der Waals surface area contributed by atoms with E-state index in [-0.39, 0.29) is 29.5 Å². The fourth-order valence-electron chi connectivity index (χ4n) is 1.89. The van der Waals surface area contributed by atoms with Gasteiger partial charge in [0.1, 0.15) is 0 Å². The van der Waals surface area contributed by atoms with Gasteiger partial charge in [0, 0.05) is 6.42 Å². The molecule has 0 saturated heterocycles. The highest BCUT2D eigenvalue weighted by Crippen LogP contribution is 2.36. The number of rotatable bonds is 2. The van der Waals surface area contributed by atoms with Gasteiger partial charge in [0.15, 0.2) is 11.5 Å². The molecule has 20 heavy (non-hydrogen) atoms. The molecule has 0 aromatic heterocycles. The summed E-state index contributed by atoms with van der Waals surface area (Å²) in [5.74, 6) is -1.25. The Morgan fingerprint density at radius 1 is 1.25 bits per heavy atom. The van der Waals surface area contributed by atoms with Crippen molar-refractivity contribution in [1.82, 2.24) is 0 Å². The summed E-state index contributed by atoms with van der Waals surface area (Å²) >= 11 is 0. The molecule has 0 unspecified atom stereocenters. The first-order valence-electron chi connectivity index (χ1n) is 5.27. The number of halogens is 3. The van der Waals surface area contributed by atoms with Crippen molar-refractivity contribution >= 4 is 15.9 Å². The molecule has 0 aliphatic heterocycles. The van der Waals surface area contributed by atoms with E-state index < -0.39 is 27.2 Å². The first kappa shape index (κ1) is 14.3. The molecule has 0 fully saturated rings. The van der Waals surface area contributed by atoms with Gasteiger partial charge in [-0.2, -0.15) is 26.9 Å². The topological polar surface area (TPSA) is 84.2 Å². The van der Waals surface area contributed by atoms with E-state index in [1.54, 1.807) is 6.07 Å². The standard InChI is InChI=1S/C11H6F3NO4S/c12-11(13,14)20(17,18)19-9-4-1-6(5-15)7-2-3-8(16)10(7)9/h1,4H,2-3H2. The largest absolute Gasteiger partial charge is 0.534 e. The van der Waals surface area contributed by atoms with E-state index in [2.05, 4.69) is 4.18 Å².